The second kappa shape index (κ2) is 8.62. The van der Waals surface area contributed by atoms with Gasteiger partial charge >= 0.3 is 0 Å². The van der Waals surface area contributed by atoms with Crippen LogP contribution in [0.5, 0.6) is 0 Å². The summed E-state index contributed by atoms with van der Waals surface area (Å²) < 4.78 is 1.88. The van der Waals surface area contributed by atoms with Gasteiger partial charge in [0, 0.05) is 18.7 Å². The van der Waals surface area contributed by atoms with Crippen molar-refractivity contribution in [2.75, 3.05) is 6.61 Å². The first kappa shape index (κ1) is 18.9. The lowest BCUT2D eigenvalue weighted by atomic mass is 10.1. The van der Waals surface area contributed by atoms with Gasteiger partial charge in [0.2, 0.25) is 5.91 Å². The molecule has 0 bridgehead atoms. The van der Waals surface area contributed by atoms with E-state index in [0.717, 1.165) is 28.9 Å². The Hall–Kier alpha value is -2.40. The summed E-state index contributed by atoms with van der Waals surface area (Å²) in [7, 11) is 0. The highest BCUT2D eigenvalue weighted by molar-refractivity contribution is 5.76. The van der Waals surface area contributed by atoms with Crippen LogP contribution in [0.4, 0.5) is 0 Å². The SMILES string of the molecule is C=C(C)Cc1c(C)nn(CCC(=O)NC(CO)c2ccccc2)c1C. The number of aliphatic hydroxyl groups excluding tert-OH is 1. The normalized spacial score (nSPS) is 12.0. The van der Waals surface area contributed by atoms with Gasteiger partial charge in [0.1, 0.15) is 0 Å². The van der Waals surface area contributed by atoms with E-state index in [1.54, 1.807) is 0 Å². The van der Waals surface area contributed by atoms with Crippen LogP contribution < -0.4 is 5.32 Å². The van der Waals surface area contributed by atoms with Crippen molar-refractivity contribution in [3.63, 3.8) is 0 Å². The second-order valence-electron chi connectivity index (χ2n) is 6.47. The van der Waals surface area contributed by atoms with Gasteiger partial charge in [0.15, 0.2) is 0 Å². The Kier molecular flexibility index (Phi) is 6.53. The Balaban J connectivity index is 1.97. The molecule has 2 rings (SSSR count). The number of carbonyl (C=O) groups excluding carboxylic acids is 1. The molecule has 1 aromatic heterocycles. The molecule has 1 heterocycles. The van der Waals surface area contributed by atoms with Crippen LogP contribution in [-0.2, 0) is 17.8 Å². The van der Waals surface area contributed by atoms with Gasteiger partial charge in [-0.15, -0.1) is 0 Å². The lowest BCUT2D eigenvalue weighted by Gasteiger charge is -2.17. The molecule has 1 aromatic carbocycles. The van der Waals surface area contributed by atoms with Gasteiger partial charge in [0.05, 0.1) is 18.3 Å². The van der Waals surface area contributed by atoms with Crippen molar-refractivity contribution >= 4 is 5.91 Å². The van der Waals surface area contributed by atoms with E-state index in [9.17, 15) is 9.90 Å². The number of carbonyl (C=O) groups is 1. The van der Waals surface area contributed by atoms with E-state index < -0.39 is 0 Å². The lowest BCUT2D eigenvalue weighted by molar-refractivity contribution is -0.122. The molecule has 1 unspecified atom stereocenters. The summed E-state index contributed by atoms with van der Waals surface area (Å²) in [4.78, 5) is 12.3. The summed E-state index contributed by atoms with van der Waals surface area (Å²) in [6.07, 6.45) is 1.13. The Bertz CT molecular complexity index is 735. The zero-order valence-corrected chi connectivity index (χ0v) is 15.2. The zero-order chi connectivity index (χ0) is 18.4. The molecule has 0 radical (unpaired) electrons. The molecule has 0 aliphatic rings. The molecule has 0 saturated heterocycles. The smallest absolute Gasteiger partial charge is 0.222 e. The van der Waals surface area contributed by atoms with E-state index in [-0.39, 0.29) is 18.6 Å². The standard InChI is InChI=1S/C20H27N3O2/c1-14(2)12-18-15(3)22-23(16(18)4)11-10-20(25)21-19(13-24)17-8-6-5-7-9-17/h5-9,19,24H,1,10-13H2,2-4H3,(H,21,25). The predicted octanol–water partition coefficient (Wildman–Crippen LogP) is 2.86. The average Bonchev–Trinajstić information content (AvgIpc) is 2.85. The van der Waals surface area contributed by atoms with Gasteiger partial charge in [-0.05, 0) is 38.3 Å². The molecule has 0 aliphatic heterocycles. The minimum absolute atomic E-state index is 0.100. The van der Waals surface area contributed by atoms with Crippen LogP contribution in [0.15, 0.2) is 42.5 Å². The van der Waals surface area contributed by atoms with Crippen LogP contribution in [0.3, 0.4) is 0 Å². The van der Waals surface area contributed by atoms with Crippen LogP contribution in [-0.4, -0.2) is 27.4 Å². The Morgan fingerprint density at radius 3 is 2.60 bits per heavy atom. The number of hydrogen-bond donors (Lipinski definition) is 2. The van der Waals surface area contributed by atoms with Gasteiger partial charge in [-0.2, -0.15) is 5.10 Å². The molecule has 0 spiro atoms. The Morgan fingerprint density at radius 1 is 1.32 bits per heavy atom. The number of hydrogen-bond acceptors (Lipinski definition) is 3. The highest BCUT2D eigenvalue weighted by atomic mass is 16.3. The van der Waals surface area contributed by atoms with Crippen molar-refractivity contribution in [2.24, 2.45) is 0 Å². The van der Waals surface area contributed by atoms with Crippen LogP contribution in [0.1, 0.15) is 41.9 Å². The molecule has 5 nitrogen and oxygen atoms in total. The van der Waals surface area contributed by atoms with E-state index in [0.29, 0.717) is 13.0 Å². The number of nitrogens with zero attached hydrogens (tertiary/aromatic N) is 2. The van der Waals surface area contributed by atoms with Crippen LogP contribution >= 0.6 is 0 Å². The van der Waals surface area contributed by atoms with E-state index >= 15 is 0 Å². The number of amides is 1. The number of rotatable bonds is 8. The highest BCUT2D eigenvalue weighted by Crippen LogP contribution is 2.17. The maximum absolute atomic E-state index is 12.3. The molecule has 25 heavy (non-hydrogen) atoms. The molecule has 2 N–H and O–H groups in total. The molecular formula is C20H27N3O2. The van der Waals surface area contributed by atoms with Crippen molar-refractivity contribution in [1.82, 2.24) is 15.1 Å². The van der Waals surface area contributed by atoms with Crippen LogP contribution in [0.25, 0.3) is 0 Å². The van der Waals surface area contributed by atoms with E-state index in [4.69, 9.17) is 0 Å². The minimum Gasteiger partial charge on any atom is -0.394 e. The molecule has 5 heteroatoms. The van der Waals surface area contributed by atoms with Gasteiger partial charge in [0.25, 0.3) is 0 Å². The number of allylic oxidation sites excluding steroid dienone is 1. The van der Waals surface area contributed by atoms with E-state index in [2.05, 4.69) is 17.0 Å². The quantitative estimate of drug-likeness (QED) is 0.726. The summed E-state index contributed by atoms with van der Waals surface area (Å²) in [5.74, 6) is -0.100. The molecule has 2 aromatic rings. The summed E-state index contributed by atoms with van der Waals surface area (Å²) in [5, 5.41) is 17.0. The third kappa shape index (κ3) is 5.03. The first-order valence-electron chi connectivity index (χ1n) is 8.54. The van der Waals surface area contributed by atoms with Crippen molar-refractivity contribution in [3.8, 4) is 0 Å². The summed E-state index contributed by atoms with van der Waals surface area (Å²) in [6, 6.07) is 9.10. The van der Waals surface area contributed by atoms with Crippen molar-refractivity contribution in [1.29, 1.82) is 0 Å². The minimum atomic E-state index is -0.381. The Labute approximate surface area is 149 Å². The van der Waals surface area contributed by atoms with Crippen molar-refractivity contribution < 1.29 is 9.90 Å². The first-order chi connectivity index (χ1) is 11.9. The number of benzene rings is 1. The summed E-state index contributed by atoms with van der Waals surface area (Å²) >= 11 is 0. The highest BCUT2D eigenvalue weighted by Gasteiger charge is 2.15. The van der Waals surface area contributed by atoms with Crippen LogP contribution in [0.2, 0.25) is 0 Å². The van der Waals surface area contributed by atoms with Gasteiger partial charge in [-0.3, -0.25) is 9.48 Å². The molecule has 134 valence electrons. The van der Waals surface area contributed by atoms with Gasteiger partial charge in [-0.1, -0.05) is 42.5 Å². The van der Waals surface area contributed by atoms with E-state index in [1.165, 1.54) is 5.56 Å². The largest absolute Gasteiger partial charge is 0.394 e. The number of nitrogens with one attached hydrogen (secondary N) is 1. The molecule has 0 aliphatic carbocycles. The van der Waals surface area contributed by atoms with Gasteiger partial charge < -0.3 is 10.4 Å². The van der Waals surface area contributed by atoms with Crippen molar-refractivity contribution in [2.45, 2.75) is 46.2 Å². The molecule has 0 fully saturated rings. The average molecular weight is 341 g/mol. The molecule has 0 saturated carbocycles. The lowest BCUT2D eigenvalue weighted by Crippen LogP contribution is -2.31. The Morgan fingerprint density at radius 2 is 2.00 bits per heavy atom. The van der Waals surface area contributed by atoms with Gasteiger partial charge in [-0.25, -0.2) is 0 Å². The number of aryl methyl sites for hydroxylation is 2. The van der Waals surface area contributed by atoms with E-state index in [1.807, 2.05) is 55.8 Å². The maximum Gasteiger partial charge on any atom is 0.222 e. The number of aromatic nitrogens is 2. The summed E-state index contributed by atoms with van der Waals surface area (Å²) in [5.41, 5.74) is 5.24. The fourth-order valence-corrected chi connectivity index (χ4v) is 2.90. The molecular weight excluding hydrogens is 314 g/mol. The molecule has 1 amide bonds. The third-order valence-electron chi connectivity index (χ3n) is 4.28. The first-order valence-corrected chi connectivity index (χ1v) is 8.54. The second-order valence-corrected chi connectivity index (χ2v) is 6.47. The topological polar surface area (TPSA) is 67.2 Å². The zero-order valence-electron chi connectivity index (χ0n) is 15.2. The number of aliphatic hydroxyl groups is 1. The maximum atomic E-state index is 12.3. The molecule has 1 atom stereocenters. The van der Waals surface area contributed by atoms with Crippen LogP contribution in [0, 0.1) is 13.8 Å². The summed E-state index contributed by atoms with van der Waals surface area (Å²) in [6.45, 7) is 10.4. The predicted molar refractivity (Wildman–Crippen MR) is 99.2 cm³/mol. The van der Waals surface area contributed by atoms with Crippen molar-refractivity contribution in [3.05, 3.63) is 65.0 Å². The fraction of sp³-hybridized carbons (Fsp3) is 0.400. The monoisotopic (exact) mass is 341 g/mol. The fourth-order valence-electron chi connectivity index (χ4n) is 2.90. The third-order valence-corrected chi connectivity index (χ3v) is 4.28.